The minimum atomic E-state index is -3.72. The number of hydrogen-bond acceptors (Lipinski definition) is 6. The lowest BCUT2D eigenvalue weighted by Crippen LogP contribution is -2.30. The number of aryl methyl sites for hydroxylation is 1. The van der Waals surface area contributed by atoms with E-state index in [1.807, 2.05) is 6.92 Å². The zero-order valence-electron chi connectivity index (χ0n) is 14.5. The van der Waals surface area contributed by atoms with Gasteiger partial charge in [0.15, 0.2) is 0 Å². The molecule has 142 valence electrons. The number of sulfonamides is 1. The fourth-order valence-electron chi connectivity index (χ4n) is 2.29. The third-order valence-corrected chi connectivity index (χ3v) is 4.59. The highest BCUT2D eigenvalue weighted by atomic mass is 32.2. The molecular weight excluding hydrogens is 364 g/mol. The molecule has 0 fully saturated rings. The molecule has 0 saturated carbocycles. The normalized spacial score (nSPS) is 11.4. The summed E-state index contributed by atoms with van der Waals surface area (Å²) in [6.45, 7) is 4.81. The van der Waals surface area contributed by atoms with Crippen molar-refractivity contribution in [2.75, 3.05) is 30.3 Å². The van der Waals surface area contributed by atoms with Gasteiger partial charge in [0.1, 0.15) is 29.1 Å². The second kappa shape index (κ2) is 8.86. The maximum Gasteiger partial charge on any atom is 0.215 e. The molecule has 3 N–H and O–H groups in total. The van der Waals surface area contributed by atoms with Crippen molar-refractivity contribution in [3.05, 3.63) is 47.3 Å². The lowest BCUT2D eigenvalue weighted by molar-refractivity contribution is 0.575. The van der Waals surface area contributed by atoms with Gasteiger partial charge in [-0.05, 0) is 31.5 Å². The van der Waals surface area contributed by atoms with Crippen molar-refractivity contribution in [3.8, 4) is 0 Å². The lowest BCUT2D eigenvalue weighted by atomic mass is 10.2. The Morgan fingerprint density at radius 1 is 0.962 bits per heavy atom. The van der Waals surface area contributed by atoms with Crippen LogP contribution in [-0.2, 0) is 15.8 Å². The number of aromatic nitrogens is 2. The molecule has 2 aromatic rings. The van der Waals surface area contributed by atoms with Gasteiger partial charge in [-0.1, -0.05) is 0 Å². The van der Waals surface area contributed by atoms with Crippen molar-refractivity contribution in [1.82, 2.24) is 14.7 Å². The van der Waals surface area contributed by atoms with Crippen molar-refractivity contribution < 1.29 is 17.2 Å². The van der Waals surface area contributed by atoms with Crippen LogP contribution < -0.4 is 15.4 Å². The van der Waals surface area contributed by atoms with Gasteiger partial charge in [-0.25, -0.2) is 31.9 Å². The predicted molar refractivity (Wildman–Crippen MR) is 96.4 cm³/mol. The second-order valence-corrected chi connectivity index (χ2v) is 7.38. The van der Waals surface area contributed by atoms with Gasteiger partial charge in [0.05, 0.1) is 5.75 Å². The third kappa shape index (κ3) is 6.52. The van der Waals surface area contributed by atoms with Gasteiger partial charge in [-0.3, -0.25) is 0 Å². The van der Waals surface area contributed by atoms with E-state index in [1.165, 1.54) is 0 Å². The number of hydrogen-bond donors (Lipinski definition) is 3. The van der Waals surface area contributed by atoms with Gasteiger partial charge in [0.25, 0.3) is 0 Å². The van der Waals surface area contributed by atoms with Crippen LogP contribution >= 0.6 is 0 Å². The van der Waals surface area contributed by atoms with Crippen LogP contribution in [0.1, 0.15) is 18.3 Å². The highest BCUT2D eigenvalue weighted by molar-refractivity contribution is 7.88. The first-order chi connectivity index (χ1) is 12.3. The standard InChI is InChI=1S/C16H21F2N5O2S/c1-3-19-15-9-16(23-11(2)22-15)20-4-5-21-26(24,25)10-12-6-13(17)8-14(18)7-12/h6-9,21H,3-5,10H2,1-2H3,(H2,19,20,22,23). The molecule has 0 aliphatic rings. The summed E-state index contributed by atoms with van der Waals surface area (Å²) in [6, 6.07) is 4.40. The molecular formula is C16H21F2N5O2S. The lowest BCUT2D eigenvalue weighted by Gasteiger charge is -2.10. The van der Waals surface area contributed by atoms with E-state index in [0.29, 0.717) is 30.1 Å². The third-order valence-electron chi connectivity index (χ3n) is 3.23. The molecule has 0 spiro atoms. The summed E-state index contributed by atoms with van der Waals surface area (Å²) >= 11 is 0. The maximum atomic E-state index is 13.1. The smallest absolute Gasteiger partial charge is 0.215 e. The number of nitrogens with one attached hydrogen (secondary N) is 3. The Morgan fingerprint density at radius 3 is 2.19 bits per heavy atom. The molecule has 0 radical (unpaired) electrons. The molecule has 2 rings (SSSR count). The average Bonchev–Trinajstić information content (AvgIpc) is 2.50. The highest BCUT2D eigenvalue weighted by Crippen LogP contribution is 2.12. The minimum absolute atomic E-state index is 0.0460. The first-order valence-corrected chi connectivity index (χ1v) is 9.68. The zero-order valence-corrected chi connectivity index (χ0v) is 15.3. The van der Waals surface area contributed by atoms with E-state index >= 15 is 0 Å². The second-order valence-electron chi connectivity index (χ2n) is 5.57. The first-order valence-electron chi connectivity index (χ1n) is 8.03. The fraction of sp³-hybridized carbons (Fsp3) is 0.375. The fourth-order valence-corrected chi connectivity index (χ4v) is 3.41. The largest absolute Gasteiger partial charge is 0.370 e. The first kappa shape index (κ1) is 20.0. The Hall–Kier alpha value is -2.33. The molecule has 0 atom stereocenters. The summed E-state index contributed by atoms with van der Waals surface area (Å²) in [5.74, 6) is -0.297. The van der Waals surface area contributed by atoms with Gasteiger partial charge >= 0.3 is 0 Å². The van der Waals surface area contributed by atoms with E-state index < -0.39 is 27.4 Å². The molecule has 0 aliphatic carbocycles. The van der Waals surface area contributed by atoms with Crippen LogP contribution in [0.2, 0.25) is 0 Å². The zero-order chi connectivity index (χ0) is 19.2. The Balaban J connectivity index is 1.86. The van der Waals surface area contributed by atoms with Gasteiger partial charge < -0.3 is 10.6 Å². The molecule has 1 heterocycles. The van der Waals surface area contributed by atoms with E-state index in [1.54, 1.807) is 13.0 Å². The van der Waals surface area contributed by atoms with E-state index in [-0.39, 0.29) is 12.1 Å². The molecule has 7 nitrogen and oxygen atoms in total. The number of anilines is 2. The van der Waals surface area contributed by atoms with Crippen LogP contribution in [0.15, 0.2) is 24.3 Å². The van der Waals surface area contributed by atoms with E-state index in [9.17, 15) is 17.2 Å². The topological polar surface area (TPSA) is 96.0 Å². The predicted octanol–water partition coefficient (Wildman–Crippen LogP) is 2.03. The Morgan fingerprint density at radius 2 is 1.58 bits per heavy atom. The van der Waals surface area contributed by atoms with Crippen molar-refractivity contribution in [2.45, 2.75) is 19.6 Å². The maximum absolute atomic E-state index is 13.1. The summed E-state index contributed by atoms with van der Waals surface area (Å²) in [5, 5.41) is 6.08. The van der Waals surface area contributed by atoms with Crippen LogP contribution in [-0.4, -0.2) is 38.0 Å². The van der Waals surface area contributed by atoms with Gasteiger partial charge in [-0.2, -0.15) is 0 Å². The van der Waals surface area contributed by atoms with Crippen LogP contribution in [0.4, 0.5) is 20.4 Å². The number of rotatable bonds is 9. The summed E-state index contributed by atoms with van der Waals surface area (Å²) in [6.07, 6.45) is 0. The monoisotopic (exact) mass is 385 g/mol. The Kier molecular flexibility index (Phi) is 6.81. The summed E-state index contributed by atoms with van der Waals surface area (Å²) in [5.41, 5.74) is 0.0460. The van der Waals surface area contributed by atoms with Crippen molar-refractivity contribution >= 4 is 21.7 Å². The molecule has 1 aromatic heterocycles. The van der Waals surface area contributed by atoms with Gasteiger partial charge in [-0.15, -0.1) is 0 Å². The van der Waals surface area contributed by atoms with Crippen molar-refractivity contribution in [2.24, 2.45) is 0 Å². The molecule has 10 heteroatoms. The van der Waals surface area contributed by atoms with Gasteiger partial charge in [0.2, 0.25) is 10.0 Å². The van der Waals surface area contributed by atoms with Crippen LogP contribution in [0.25, 0.3) is 0 Å². The number of nitrogens with zero attached hydrogens (tertiary/aromatic N) is 2. The number of benzene rings is 1. The van der Waals surface area contributed by atoms with E-state index in [2.05, 4.69) is 25.3 Å². The van der Waals surface area contributed by atoms with E-state index in [4.69, 9.17) is 0 Å². The molecule has 26 heavy (non-hydrogen) atoms. The summed E-state index contributed by atoms with van der Waals surface area (Å²) < 4.78 is 52.7. The summed E-state index contributed by atoms with van der Waals surface area (Å²) in [4.78, 5) is 8.43. The van der Waals surface area contributed by atoms with E-state index in [0.717, 1.165) is 18.7 Å². The quantitative estimate of drug-likeness (QED) is 0.572. The average molecular weight is 385 g/mol. The molecule has 0 amide bonds. The van der Waals surface area contributed by atoms with Crippen LogP contribution in [0, 0.1) is 18.6 Å². The molecule has 1 aromatic carbocycles. The van der Waals surface area contributed by atoms with Crippen LogP contribution in [0.5, 0.6) is 0 Å². The minimum Gasteiger partial charge on any atom is -0.370 e. The van der Waals surface area contributed by atoms with Gasteiger partial charge in [0, 0.05) is 31.8 Å². The highest BCUT2D eigenvalue weighted by Gasteiger charge is 2.12. The molecule has 0 saturated heterocycles. The Labute approximate surface area is 151 Å². The van der Waals surface area contributed by atoms with Crippen LogP contribution in [0.3, 0.4) is 0 Å². The SMILES string of the molecule is CCNc1cc(NCCNS(=O)(=O)Cc2cc(F)cc(F)c2)nc(C)n1. The molecule has 0 bridgehead atoms. The Bertz CT molecular complexity index is 841. The van der Waals surface area contributed by atoms with Crippen molar-refractivity contribution in [1.29, 1.82) is 0 Å². The number of halogens is 2. The molecule has 0 unspecified atom stereocenters. The molecule has 0 aliphatic heterocycles. The van der Waals surface area contributed by atoms with Crippen molar-refractivity contribution in [3.63, 3.8) is 0 Å². The summed E-state index contributed by atoms with van der Waals surface area (Å²) in [7, 11) is -3.72.